The highest BCUT2D eigenvalue weighted by molar-refractivity contribution is 6.94. The monoisotopic (exact) mass is 814 g/mol. The molecule has 63 heavy (non-hydrogen) atoms. The molecule has 2 aliphatic heterocycles. The van der Waals surface area contributed by atoms with Crippen LogP contribution in [0.25, 0.3) is 55.3 Å². The van der Waals surface area contributed by atoms with Gasteiger partial charge in [0, 0.05) is 44.4 Å². The first-order chi connectivity index (χ1) is 30.3. The van der Waals surface area contributed by atoms with E-state index in [2.05, 4.69) is 229 Å². The Labute approximate surface area is 371 Å². The predicted octanol–water partition coefficient (Wildman–Crippen LogP) is 14.9. The van der Waals surface area contributed by atoms with Crippen molar-refractivity contribution in [3.63, 3.8) is 0 Å². The molecule has 0 saturated heterocycles. The zero-order chi connectivity index (χ0) is 43.2. The molecule has 8 aromatic carbocycles. The van der Waals surface area contributed by atoms with Crippen LogP contribution in [0, 0.1) is 0 Å². The van der Waals surface area contributed by atoms with Gasteiger partial charge in [-0.15, -0.1) is 0 Å². The van der Waals surface area contributed by atoms with Gasteiger partial charge >= 0.3 is 6.85 Å². The molecular weight excluding hydrogens is 763 g/mol. The van der Waals surface area contributed by atoms with Gasteiger partial charge in [-0.05, 0) is 109 Å². The molecule has 1 aliphatic carbocycles. The number of para-hydroxylation sites is 2. The first kappa shape index (κ1) is 37.9. The number of hydrogen-bond acceptors (Lipinski definition) is 3. The van der Waals surface area contributed by atoms with Crippen LogP contribution in [0.15, 0.2) is 168 Å². The van der Waals surface area contributed by atoms with Gasteiger partial charge in [-0.25, -0.2) is 0 Å². The number of hydrogen-bond donors (Lipinski definition) is 0. The van der Waals surface area contributed by atoms with Crippen molar-refractivity contribution in [1.82, 2.24) is 0 Å². The third-order valence-corrected chi connectivity index (χ3v) is 14.3. The molecule has 12 rings (SSSR count). The molecule has 0 N–H and O–H groups in total. The first-order valence-electron chi connectivity index (χ1n) is 22.6. The summed E-state index contributed by atoms with van der Waals surface area (Å²) in [6, 6.07) is 61.5. The molecule has 306 valence electrons. The van der Waals surface area contributed by atoms with Crippen molar-refractivity contribution in [3.05, 3.63) is 186 Å². The van der Waals surface area contributed by atoms with Gasteiger partial charge in [-0.1, -0.05) is 177 Å². The van der Waals surface area contributed by atoms with Crippen LogP contribution in [-0.2, 0) is 16.2 Å². The van der Waals surface area contributed by atoms with E-state index in [0.29, 0.717) is 0 Å². The molecule has 0 bridgehead atoms. The van der Waals surface area contributed by atoms with Crippen LogP contribution in [-0.4, -0.2) is 6.85 Å². The lowest BCUT2D eigenvalue weighted by Crippen LogP contribution is -2.62. The SMILES string of the molecule is CC(C)(C)c1ccc(N2B3c4ccc5c(oc6ccccc65)c4N(c4ccc(C(C)(C)C)cc4-c4ccccc4)c4cc5c(c(c43)-c3ccccc32)C(C)(C)c2ccccc2-5)cc1. The Kier molecular flexibility index (Phi) is 7.91. The van der Waals surface area contributed by atoms with E-state index in [1.54, 1.807) is 0 Å². The van der Waals surface area contributed by atoms with Gasteiger partial charge in [0.1, 0.15) is 5.58 Å². The molecule has 0 atom stereocenters. The fraction of sp³-hybridized carbons (Fsp3) is 0.186. The fourth-order valence-electron chi connectivity index (χ4n) is 11.2. The van der Waals surface area contributed by atoms with E-state index in [1.165, 1.54) is 83.6 Å². The average Bonchev–Trinajstić information content (AvgIpc) is 3.78. The third kappa shape index (κ3) is 5.40. The Morgan fingerprint density at radius 2 is 1.19 bits per heavy atom. The largest absolute Gasteiger partial charge is 0.454 e. The minimum Gasteiger partial charge on any atom is -0.454 e. The van der Waals surface area contributed by atoms with Crippen molar-refractivity contribution >= 4 is 68.1 Å². The van der Waals surface area contributed by atoms with E-state index in [-0.39, 0.29) is 23.1 Å². The summed E-state index contributed by atoms with van der Waals surface area (Å²) >= 11 is 0. The van der Waals surface area contributed by atoms with E-state index >= 15 is 0 Å². The summed E-state index contributed by atoms with van der Waals surface area (Å²) in [5.74, 6) is 0. The van der Waals surface area contributed by atoms with Gasteiger partial charge in [0.2, 0.25) is 0 Å². The smallest absolute Gasteiger partial charge is 0.333 e. The van der Waals surface area contributed by atoms with Crippen molar-refractivity contribution in [2.24, 2.45) is 0 Å². The van der Waals surface area contributed by atoms with Crippen LogP contribution in [0.2, 0.25) is 0 Å². The molecule has 0 spiro atoms. The molecule has 9 aromatic rings. The van der Waals surface area contributed by atoms with Crippen LogP contribution < -0.4 is 20.6 Å². The van der Waals surface area contributed by atoms with Gasteiger partial charge in [0.25, 0.3) is 0 Å². The minimum absolute atomic E-state index is 0.0308. The Morgan fingerprint density at radius 1 is 0.524 bits per heavy atom. The summed E-state index contributed by atoms with van der Waals surface area (Å²) in [5.41, 5.74) is 22.9. The Morgan fingerprint density at radius 3 is 1.95 bits per heavy atom. The van der Waals surface area contributed by atoms with Gasteiger partial charge < -0.3 is 14.1 Å². The van der Waals surface area contributed by atoms with E-state index in [4.69, 9.17) is 4.42 Å². The molecule has 0 saturated carbocycles. The van der Waals surface area contributed by atoms with Gasteiger partial charge in [-0.3, -0.25) is 0 Å². The molecule has 4 heteroatoms. The zero-order valence-corrected chi connectivity index (χ0v) is 37.5. The molecular formula is C59H51BN2O. The van der Waals surface area contributed by atoms with Gasteiger partial charge in [0.15, 0.2) is 5.58 Å². The van der Waals surface area contributed by atoms with E-state index in [1.807, 2.05) is 0 Å². The highest BCUT2D eigenvalue weighted by Crippen LogP contribution is 2.58. The summed E-state index contributed by atoms with van der Waals surface area (Å²) in [6.07, 6.45) is 0. The van der Waals surface area contributed by atoms with Crippen molar-refractivity contribution < 1.29 is 4.42 Å². The number of anilines is 5. The van der Waals surface area contributed by atoms with Crippen LogP contribution >= 0.6 is 0 Å². The molecule has 0 unspecified atom stereocenters. The maximum absolute atomic E-state index is 7.17. The lowest BCUT2D eigenvalue weighted by molar-refractivity contribution is 0.590. The average molecular weight is 815 g/mol. The van der Waals surface area contributed by atoms with E-state index < -0.39 is 0 Å². The van der Waals surface area contributed by atoms with Crippen molar-refractivity contribution in [1.29, 1.82) is 0 Å². The number of benzene rings is 8. The second kappa shape index (κ2) is 13.1. The summed E-state index contributed by atoms with van der Waals surface area (Å²) in [7, 11) is 0. The predicted molar refractivity (Wildman–Crippen MR) is 268 cm³/mol. The normalized spacial score (nSPS) is 14.7. The van der Waals surface area contributed by atoms with Crippen LogP contribution in [0.5, 0.6) is 0 Å². The van der Waals surface area contributed by atoms with Crippen molar-refractivity contribution in [2.75, 3.05) is 9.71 Å². The van der Waals surface area contributed by atoms with Crippen LogP contribution in [0.1, 0.15) is 77.6 Å². The standard InChI is InChI=1S/C59H51BN2O/c1-57(2,3)37-26-29-39(30-27-37)62-49-24-16-13-22-43(49)52-53-45(40-20-12-15-23-46(40)59(53,7)8)35-50-54(52)60(62)47-32-31-42-41-21-14-17-25-51(41)63-56(42)55(47)61(50)48-33-28-38(58(4,5)6)34-44(48)36-18-10-9-11-19-36/h9-35H,1-8H3. The lowest BCUT2D eigenvalue weighted by atomic mass is 9.42. The summed E-state index contributed by atoms with van der Waals surface area (Å²) in [6.45, 7) is 18.5. The van der Waals surface area contributed by atoms with Gasteiger partial charge in [-0.2, -0.15) is 0 Å². The maximum Gasteiger partial charge on any atom is 0.333 e. The van der Waals surface area contributed by atoms with Crippen molar-refractivity contribution in [3.8, 4) is 33.4 Å². The molecule has 0 amide bonds. The third-order valence-electron chi connectivity index (χ3n) is 14.3. The van der Waals surface area contributed by atoms with Crippen molar-refractivity contribution in [2.45, 2.75) is 71.6 Å². The number of nitrogens with zero attached hydrogens (tertiary/aromatic N) is 2. The first-order valence-corrected chi connectivity index (χ1v) is 22.6. The summed E-state index contributed by atoms with van der Waals surface area (Å²) in [5, 5.41) is 2.25. The second-order valence-electron chi connectivity index (χ2n) is 20.5. The molecule has 1 aromatic heterocycles. The van der Waals surface area contributed by atoms with Gasteiger partial charge in [0.05, 0.1) is 11.4 Å². The summed E-state index contributed by atoms with van der Waals surface area (Å²) < 4.78 is 7.17. The molecule has 3 heterocycles. The topological polar surface area (TPSA) is 19.6 Å². The van der Waals surface area contributed by atoms with Crippen LogP contribution in [0.3, 0.4) is 0 Å². The Hall–Kier alpha value is -6.78. The fourth-order valence-corrected chi connectivity index (χ4v) is 11.2. The molecule has 3 aliphatic rings. The molecule has 0 fully saturated rings. The molecule has 0 radical (unpaired) electrons. The number of rotatable bonds is 3. The quantitative estimate of drug-likeness (QED) is 0.166. The minimum atomic E-state index is -0.234. The van der Waals surface area contributed by atoms with Crippen LogP contribution in [0.4, 0.5) is 28.4 Å². The Bertz CT molecular complexity index is 3340. The Balaban J connectivity index is 1.27. The maximum atomic E-state index is 7.17. The summed E-state index contributed by atoms with van der Waals surface area (Å²) in [4.78, 5) is 5.22. The van der Waals surface area contributed by atoms with E-state index in [0.717, 1.165) is 33.3 Å². The lowest BCUT2D eigenvalue weighted by Gasteiger charge is -2.47. The zero-order valence-electron chi connectivity index (χ0n) is 37.5. The van der Waals surface area contributed by atoms with E-state index in [9.17, 15) is 0 Å². The molecule has 3 nitrogen and oxygen atoms in total. The number of furan rings is 1. The number of fused-ring (bicyclic) bond motifs is 12. The highest BCUT2D eigenvalue weighted by Gasteiger charge is 2.50. The second-order valence-corrected chi connectivity index (χ2v) is 20.5. The highest BCUT2D eigenvalue weighted by atomic mass is 16.3.